The summed E-state index contributed by atoms with van der Waals surface area (Å²) < 4.78 is 11.5. The average molecular weight is 484 g/mol. The number of fused-ring (bicyclic) bond motifs is 1. The Balaban J connectivity index is 1.59. The molecule has 0 radical (unpaired) electrons. The van der Waals surface area contributed by atoms with E-state index in [2.05, 4.69) is 15.6 Å². The predicted octanol–water partition coefficient (Wildman–Crippen LogP) is 4.67. The molecule has 2 heterocycles. The van der Waals surface area contributed by atoms with E-state index in [0.717, 1.165) is 10.2 Å². The van der Waals surface area contributed by atoms with E-state index in [0.29, 0.717) is 21.2 Å². The molecule has 0 bridgehead atoms. The highest BCUT2D eigenvalue weighted by atomic mass is 35.5. The van der Waals surface area contributed by atoms with E-state index in [-0.39, 0.29) is 23.8 Å². The Morgan fingerprint density at radius 1 is 1.12 bits per heavy atom. The van der Waals surface area contributed by atoms with Gasteiger partial charge in [0.15, 0.2) is 0 Å². The maximum absolute atomic E-state index is 12.6. The molecule has 2 aromatic heterocycles. The molecule has 0 aliphatic rings. The van der Waals surface area contributed by atoms with Crippen LogP contribution in [0.3, 0.4) is 0 Å². The van der Waals surface area contributed by atoms with Crippen LogP contribution in [0.2, 0.25) is 5.02 Å². The summed E-state index contributed by atoms with van der Waals surface area (Å²) in [5, 5.41) is 6.16. The molecule has 2 N–H and O–H groups in total. The average Bonchev–Trinajstić information content (AvgIpc) is 3.37. The van der Waals surface area contributed by atoms with Crippen molar-refractivity contribution in [1.82, 2.24) is 10.3 Å². The lowest BCUT2D eigenvalue weighted by Gasteiger charge is -2.07. The number of ether oxygens (including phenoxy) is 1. The first-order chi connectivity index (χ1) is 15.9. The molecule has 0 spiro atoms. The molecule has 0 unspecified atom stereocenters. The maximum Gasteiger partial charge on any atom is 0.342 e. The number of para-hydroxylation sites is 1. The number of anilines is 1. The normalized spacial score (nSPS) is 10.8. The minimum atomic E-state index is -0.609. The highest BCUT2D eigenvalue weighted by Crippen LogP contribution is 2.40. The largest absolute Gasteiger partial charge is 0.465 e. The summed E-state index contributed by atoms with van der Waals surface area (Å²) >= 11 is 7.18. The van der Waals surface area contributed by atoms with E-state index >= 15 is 0 Å². The molecule has 0 fully saturated rings. The molecular weight excluding hydrogens is 466 g/mol. The van der Waals surface area contributed by atoms with Crippen LogP contribution in [-0.4, -0.2) is 36.4 Å². The summed E-state index contributed by atoms with van der Waals surface area (Å²) in [7, 11) is 1.27. The van der Waals surface area contributed by atoms with Gasteiger partial charge in [0.05, 0.1) is 29.4 Å². The van der Waals surface area contributed by atoms with Gasteiger partial charge in [-0.05, 0) is 43.3 Å². The number of hydrogen-bond donors (Lipinski definition) is 2. The first-order valence-electron chi connectivity index (χ1n) is 9.78. The summed E-state index contributed by atoms with van der Waals surface area (Å²) in [4.78, 5) is 41.9. The fourth-order valence-electron chi connectivity index (χ4n) is 3.20. The highest BCUT2D eigenvalue weighted by molar-refractivity contribution is 7.21. The van der Waals surface area contributed by atoms with Gasteiger partial charge in [0.2, 0.25) is 11.8 Å². The third kappa shape index (κ3) is 4.74. The highest BCUT2D eigenvalue weighted by Gasteiger charge is 2.28. The van der Waals surface area contributed by atoms with Gasteiger partial charge in [-0.3, -0.25) is 14.9 Å². The van der Waals surface area contributed by atoms with Crippen LogP contribution in [0.4, 0.5) is 5.88 Å². The van der Waals surface area contributed by atoms with Crippen molar-refractivity contribution in [3.8, 4) is 10.6 Å². The van der Waals surface area contributed by atoms with Gasteiger partial charge in [0.25, 0.3) is 5.91 Å². The van der Waals surface area contributed by atoms with Crippen molar-refractivity contribution < 1.29 is 23.5 Å². The van der Waals surface area contributed by atoms with E-state index in [1.165, 1.54) is 18.4 Å². The van der Waals surface area contributed by atoms with Gasteiger partial charge in [0.1, 0.15) is 16.3 Å². The number of aromatic nitrogens is 1. The summed E-state index contributed by atoms with van der Waals surface area (Å²) in [6.45, 7) is 1.29. The zero-order valence-corrected chi connectivity index (χ0v) is 19.2. The molecule has 8 nitrogen and oxygen atoms in total. The molecule has 4 aromatic rings. The van der Waals surface area contributed by atoms with Gasteiger partial charge >= 0.3 is 5.97 Å². The molecule has 4 rings (SSSR count). The molecule has 0 aliphatic carbocycles. The van der Waals surface area contributed by atoms with Gasteiger partial charge in [-0.25, -0.2) is 9.78 Å². The molecule has 0 saturated heterocycles. The van der Waals surface area contributed by atoms with Crippen LogP contribution in [0, 0.1) is 6.92 Å². The smallest absolute Gasteiger partial charge is 0.342 e. The van der Waals surface area contributed by atoms with Crippen molar-refractivity contribution in [3.05, 3.63) is 70.4 Å². The van der Waals surface area contributed by atoms with Gasteiger partial charge < -0.3 is 14.5 Å². The number of rotatable bonds is 6. The SMILES string of the molecule is COC(=O)c1c(C)oc(NC(=O)CNC(=O)c2ccc(Cl)cc2)c1-c1nc2ccccc2s1. The number of hydrogen-bond acceptors (Lipinski definition) is 7. The number of benzene rings is 2. The van der Waals surface area contributed by atoms with Crippen LogP contribution in [0.15, 0.2) is 52.9 Å². The minimum Gasteiger partial charge on any atom is -0.465 e. The molecule has 0 atom stereocenters. The number of carbonyl (C=O) groups excluding carboxylic acids is 3. The van der Waals surface area contributed by atoms with Gasteiger partial charge in [0, 0.05) is 10.6 Å². The molecule has 168 valence electrons. The second-order valence-corrected chi connectivity index (χ2v) is 8.42. The molecular formula is C23H18ClN3O5S. The van der Waals surface area contributed by atoms with Gasteiger partial charge in [-0.15, -0.1) is 11.3 Å². The van der Waals surface area contributed by atoms with Crippen LogP contribution in [0.25, 0.3) is 20.8 Å². The Morgan fingerprint density at radius 3 is 2.55 bits per heavy atom. The molecule has 0 saturated carbocycles. The number of nitrogens with zero attached hydrogens (tertiary/aromatic N) is 1. The zero-order valence-electron chi connectivity index (χ0n) is 17.6. The first kappa shape index (κ1) is 22.5. The number of carbonyl (C=O) groups is 3. The standard InChI is InChI=1S/C23H18ClN3O5S/c1-12-18(23(30)31-2)19(22-26-15-5-3-4-6-16(15)33-22)21(32-12)27-17(28)11-25-20(29)13-7-9-14(24)10-8-13/h3-10H,11H2,1-2H3,(H,25,29)(H,27,28). The fourth-order valence-corrected chi connectivity index (χ4v) is 4.34. The number of nitrogens with one attached hydrogen (secondary N) is 2. The van der Waals surface area contributed by atoms with E-state index in [1.807, 2.05) is 24.3 Å². The summed E-state index contributed by atoms with van der Waals surface area (Å²) in [6.07, 6.45) is 0. The lowest BCUT2D eigenvalue weighted by atomic mass is 10.1. The van der Waals surface area contributed by atoms with Gasteiger partial charge in [-0.2, -0.15) is 0 Å². The van der Waals surface area contributed by atoms with Crippen molar-refractivity contribution in [2.24, 2.45) is 0 Å². The molecule has 33 heavy (non-hydrogen) atoms. The quantitative estimate of drug-likeness (QED) is 0.385. The summed E-state index contributed by atoms with van der Waals surface area (Å²) in [5.41, 5.74) is 1.62. The zero-order chi connectivity index (χ0) is 23.5. The van der Waals surface area contributed by atoms with Crippen LogP contribution >= 0.6 is 22.9 Å². The van der Waals surface area contributed by atoms with Crippen molar-refractivity contribution >= 4 is 56.8 Å². The maximum atomic E-state index is 12.6. The number of furan rings is 1. The number of aryl methyl sites for hydroxylation is 1. The van der Waals surface area contributed by atoms with E-state index in [9.17, 15) is 14.4 Å². The van der Waals surface area contributed by atoms with Crippen LogP contribution in [-0.2, 0) is 9.53 Å². The minimum absolute atomic E-state index is 0.0534. The third-order valence-electron chi connectivity index (χ3n) is 4.75. The molecule has 2 amide bonds. The number of methoxy groups -OCH3 is 1. The lowest BCUT2D eigenvalue weighted by molar-refractivity contribution is -0.115. The monoisotopic (exact) mass is 483 g/mol. The third-order valence-corrected chi connectivity index (χ3v) is 6.06. The topological polar surface area (TPSA) is 111 Å². The van der Waals surface area contributed by atoms with Crippen molar-refractivity contribution in [2.75, 3.05) is 19.0 Å². The number of amides is 2. The van der Waals surface area contributed by atoms with E-state index in [4.69, 9.17) is 20.8 Å². The van der Waals surface area contributed by atoms with Crippen molar-refractivity contribution in [2.45, 2.75) is 6.92 Å². The number of halogens is 1. The second-order valence-electron chi connectivity index (χ2n) is 6.95. The molecule has 2 aromatic carbocycles. The Bertz CT molecular complexity index is 1330. The summed E-state index contributed by atoms with van der Waals surface area (Å²) in [6, 6.07) is 13.8. The van der Waals surface area contributed by atoms with Crippen LogP contribution in [0.5, 0.6) is 0 Å². The number of thiazole rings is 1. The predicted molar refractivity (Wildman–Crippen MR) is 126 cm³/mol. The molecule has 0 aliphatic heterocycles. The Kier molecular flexibility index (Phi) is 6.43. The van der Waals surface area contributed by atoms with Crippen LogP contribution < -0.4 is 10.6 Å². The second kappa shape index (κ2) is 9.43. The Hall–Kier alpha value is -3.69. The van der Waals surface area contributed by atoms with Gasteiger partial charge in [-0.1, -0.05) is 23.7 Å². The number of esters is 1. The fraction of sp³-hybridized carbons (Fsp3) is 0.130. The van der Waals surface area contributed by atoms with E-state index in [1.54, 1.807) is 31.2 Å². The molecule has 10 heteroatoms. The summed E-state index contributed by atoms with van der Waals surface area (Å²) in [5.74, 6) is -1.25. The van der Waals surface area contributed by atoms with Crippen molar-refractivity contribution in [3.63, 3.8) is 0 Å². The lowest BCUT2D eigenvalue weighted by Crippen LogP contribution is -2.32. The first-order valence-corrected chi connectivity index (χ1v) is 11.0. The Labute approximate surface area is 197 Å². The van der Waals surface area contributed by atoms with Crippen LogP contribution in [0.1, 0.15) is 26.5 Å². The Morgan fingerprint density at radius 2 is 1.85 bits per heavy atom. The van der Waals surface area contributed by atoms with Crippen molar-refractivity contribution in [1.29, 1.82) is 0 Å². The van der Waals surface area contributed by atoms with E-state index < -0.39 is 17.8 Å².